The Kier molecular flexibility index (Phi) is 7.69. The van der Waals surface area contributed by atoms with E-state index in [2.05, 4.69) is 29.2 Å². The topological polar surface area (TPSA) is 89.5 Å². The number of amides is 1. The summed E-state index contributed by atoms with van der Waals surface area (Å²) >= 11 is 1.29. The van der Waals surface area contributed by atoms with Crippen molar-refractivity contribution < 1.29 is 14.3 Å². The minimum absolute atomic E-state index is 0.0558. The third kappa shape index (κ3) is 5.41. The van der Waals surface area contributed by atoms with Crippen LogP contribution in [-0.4, -0.2) is 58.4 Å². The lowest BCUT2D eigenvalue weighted by Crippen LogP contribution is -2.40. The number of H-pyrrole nitrogens is 1. The molecule has 1 amide bonds. The highest BCUT2D eigenvalue weighted by Gasteiger charge is 2.24. The van der Waals surface area contributed by atoms with Crippen LogP contribution in [0, 0.1) is 5.92 Å². The number of carbonyl (C=O) groups excluding carboxylic acids is 1. The summed E-state index contributed by atoms with van der Waals surface area (Å²) in [5, 5.41) is 1.32. The highest BCUT2D eigenvalue weighted by atomic mass is 32.2. The van der Waals surface area contributed by atoms with Gasteiger partial charge in [-0.05, 0) is 48.9 Å². The maximum atomic E-state index is 13.9. The lowest BCUT2D eigenvalue weighted by Gasteiger charge is -2.32. The van der Waals surface area contributed by atoms with Gasteiger partial charge < -0.3 is 19.4 Å². The summed E-state index contributed by atoms with van der Waals surface area (Å²) in [6, 6.07) is 23.6. The van der Waals surface area contributed by atoms with Crippen molar-refractivity contribution in [3.8, 4) is 17.2 Å². The average molecular weight is 569 g/mol. The van der Waals surface area contributed by atoms with Crippen molar-refractivity contribution in [3.05, 3.63) is 88.7 Å². The van der Waals surface area contributed by atoms with Crippen molar-refractivity contribution in [3.63, 3.8) is 0 Å². The number of benzene rings is 3. The monoisotopic (exact) mass is 568 g/mol. The van der Waals surface area contributed by atoms with E-state index in [1.165, 1.54) is 17.3 Å². The minimum Gasteiger partial charge on any atom is -0.493 e. The molecule has 1 saturated heterocycles. The first-order valence-corrected chi connectivity index (χ1v) is 14.7. The zero-order valence-electron chi connectivity index (χ0n) is 23.1. The number of nitrogens with one attached hydrogen (secondary N) is 1. The number of fused-ring (bicyclic) bond motifs is 3. The number of aromatic amines is 1. The van der Waals surface area contributed by atoms with E-state index in [1.54, 1.807) is 37.0 Å². The van der Waals surface area contributed by atoms with Gasteiger partial charge in [0.25, 0.3) is 5.56 Å². The number of likely N-dealkylation sites (tertiary alicyclic amines) is 1. The highest BCUT2D eigenvalue weighted by Crippen LogP contribution is 2.32. The van der Waals surface area contributed by atoms with Crippen molar-refractivity contribution in [2.75, 3.05) is 33.1 Å². The molecule has 41 heavy (non-hydrogen) atoms. The van der Waals surface area contributed by atoms with E-state index < -0.39 is 0 Å². The number of thioether (sulfide) groups is 1. The second-order valence-electron chi connectivity index (χ2n) is 10.3. The van der Waals surface area contributed by atoms with Gasteiger partial charge in [-0.15, -0.1) is 0 Å². The van der Waals surface area contributed by atoms with Crippen LogP contribution in [-0.2, 0) is 11.2 Å². The quantitative estimate of drug-likeness (QED) is 0.198. The molecule has 2 aromatic heterocycles. The Bertz CT molecular complexity index is 1760. The van der Waals surface area contributed by atoms with Crippen molar-refractivity contribution in [1.82, 2.24) is 19.4 Å². The summed E-state index contributed by atoms with van der Waals surface area (Å²) in [6.45, 7) is 1.49. The molecule has 0 spiro atoms. The van der Waals surface area contributed by atoms with E-state index in [1.807, 2.05) is 35.2 Å². The number of aromatic nitrogens is 3. The Morgan fingerprint density at radius 2 is 1.71 bits per heavy atom. The van der Waals surface area contributed by atoms with Gasteiger partial charge in [0.2, 0.25) is 5.91 Å². The number of piperidine rings is 1. The molecule has 9 heteroatoms. The van der Waals surface area contributed by atoms with Crippen molar-refractivity contribution in [2.45, 2.75) is 24.4 Å². The summed E-state index contributed by atoms with van der Waals surface area (Å²) in [5.74, 6) is 1.88. The Balaban J connectivity index is 1.27. The van der Waals surface area contributed by atoms with Gasteiger partial charge in [0.05, 0.1) is 25.7 Å². The maximum Gasteiger partial charge on any atom is 0.283 e. The molecular weight excluding hydrogens is 536 g/mol. The fraction of sp³-hybridized carbons (Fsp3) is 0.281. The van der Waals surface area contributed by atoms with E-state index >= 15 is 0 Å². The molecule has 3 aromatic carbocycles. The van der Waals surface area contributed by atoms with Gasteiger partial charge in [0.15, 0.2) is 16.7 Å². The van der Waals surface area contributed by atoms with E-state index in [4.69, 9.17) is 14.5 Å². The number of nitrogens with zero attached hydrogens (tertiary/aromatic N) is 3. The van der Waals surface area contributed by atoms with Crippen LogP contribution in [0.5, 0.6) is 11.5 Å². The molecule has 0 aliphatic carbocycles. The predicted octanol–water partition coefficient (Wildman–Crippen LogP) is 5.46. The van der Waals surface area contributed by atoms with E-state index in [9.17, 15) is 9.59 Å². The highest BCUT2D eigenvalue weighted by molar-refractivity contribution is 7.99. The van der Waals surface area contributed by atoms with E-state index in [-0.39, 0.29) is 17.2 Å². The van der Waals surface area contributed by atoms with Gasteiger partial charge in [-0.2, -0.15) is 0 Å². The molecule has 5 aromatic rings. The third-order valence-electron chi connectivity index (χ3n) is 7.78. The fourth-order valence-corrected chi connectivity index (χ4v) is 6.49. The van der Waals surface area contributed by atoms with Gasteiger partial charge in [-0.1, -0.05) is 60.3 Å². The standard InChI is InChI=1S/C32H32N4O4S/c1-39-26-13-12-23(19-27(26)40-2)36-31(38)30-29(24-10-6-7-11-25(24)33-30)34-32(36)41-20-28(37)35-16-14-22(15-17-35)18-21-8-4-3-5-9-21/h3-13,19,22,33H,14-18,20H2,1-2H3. The maximum absolute atomic E-state index is 13.9. The molecule has 0 radical (unpaired) electrons. The molecule has 210 valence electrons. The number of para-hydroxylation sites is 1. The molecule has 6 rings (SSSR count). The smallest absolute Gasteiger partial charge is 0.283 e. The number of rotatable bonds is 8. The number of carbonyl (C=O) groups is 1. The van der Waals surface area contributed by atoms with Crippen LogP contribution in [0.1, 0.15) is 18.4 Å². The Morgan fingerprint density at radius 1 is 0.976 bits per heavy atom. The number of methoxy groups -OCH3 is 2. The van der Waals surface area contributed by atoms with Crippen LogP contribution in [0.3, 0.4) is 0 Å². The molecule has 8 nitrogen and oxygen atoms in total. The van der Waals surface area contributed by atoms with Crippen molar-refractivity contribution in [1.29, 1.82) is 0 Å². The Hall–Kier alpha value is -4.24. The van der Waals surface area contributed by atoms with Gasteiger partial charge in [-0.3, -0.25) is 14.2 Å². The molecule has 0 atom stereocenters. The molecule has 1 N–H and O–H groups in total. The van der Waals surface area contributed by atoms with Gasteiger partial charge in [0, 0.05) is 30.1 Å². The molecule has 0 unspecified atom stereocenters. The van der Waals surface area contributed by atoms with Crippen LogP contribution in [0.15, 0.2) is 82.7 Å². The van der Waals surface area contributed by atoms with Gasteiger partial charge in [-0.25, -0.2) is 4.98 Å². The lowest BCUT2D eigenvalue weighted by molar-refractivity contribution is -0.129. The number of ether oxygens (including phenoxy) is 2. The average Bonchev–Trinajstić information content (AvgIpc) is 3.39. The largest absolute Gasteiger partial charge is 0.493 e. The normalized spacial score (nSPS) is 14.0. The van der Waals surface area contributed by atoms with Crippen LogP contribution >= 0.6 is 11.8 Å². The summed E-state index contributed by atoms with van der Waals surface area (Å²) in [4.78, 5) is 37.3. The van der Waals surface area contributed by atoms with Gasteiger partial charge >= 0.3 is 0 Å². The molecule has 0 bridgehead atoms. The number of hydrogen-bond donors (Lipinski definition) is 1. The zero-order valence-corrected chi connectivity index (χ0v) is 23.9. The second kappa shape index (κ2) is 11.7. The van der Waals surface area contributed by atoms with E-state index in [0.717, 1.165) is 43.3 Å². The zero-order chi connectivity index (χ0) is 28.3. The van der Waals surface area contributed by atoms with Crippen LogP contribution < -0.4 is 15.0 Å². The molecular formula is C32H32N4O4S. The molecule has 1 fully saturated rings. The molecule has 0 saturated carbocycles. The summed E-state index contributed by atoms with van der Waals surface area (Å²) in [5.41, 5.74) is 3.53. The summed E-state index contributed by atoms with van der Waals surface area (Å²) in [7, 11) is 3.13. The lowest BCUT2D eigenvalue weighted by atomic mass is 9.90. The first kappa shape index (κ1) is 27.0. The Morgan fingerprint density at radius 3 is 2.46 bits per heavy atom. The number of hydrogen-bond acceptors (Lipinski definition) is 6. The first-order chi connectivity index (χ1) is 20.1. The molecule has 3 heterocycles. The fourth-order valence-electron chi connectivity index (χ4n) is 5.58. The van der Waals surface area contributed by atoms with Gasteiger partial charge in [0.1, 0.15) is 11.0 Å². The molecule has 1 aliphatic heterocycles. The van der Waals surface area contributed by atoms with Crippen LogP contribution in [0.2, 0.25) is 0 Å². The minimum atomic E-state index is -0.241. The van der Waals surface area contributed by atoms with E-state index in [0.29, 0.717) is 39.3 Å². The Labute approximate surface area is 242 Å². The SMILES string of the molecule is COc1ccc(-n2c(SCC(=O)N3CCC(Cc4ccccc4)CC3)nc3c([nH]c4ccccc43)c2=O)cc1OC. The second-order valence-corrected chi connectivity index (χ2v) is 11.2. The summed E-state index contributed by atoms with van der Waals surface area (Å²) < 4.78 is 12.4. The first-order valence-electron chi connectivity index (χ1n) is 13.8. The summed E-state index contributed by atoms with van der Waals surface area (Å²) in [6.07, 6.45) is 3.02. The van der Waals surface area contributed by atoms with Crippen molar-refractivity contribution >= 4 is 39.6 Å². The van der Waals surface area contributed by atoms with Crippen LogP contribution in [0.4, 0.5) is 0 Å². The molecule has 1 aliphatic rings. The van der Waals surface area contributed by atoms with Crippen molar-refractivity contribution in [2.24, 2.45) is 5.92 Å². The third-order valence-corrected chi connectivity index (χ3v) is 8.70. The predicted molar refractivity (Wildman–Crippen MR) is 162 cm³/mol. The van der Waals surface area contributed by atoms with Crippen LogP contribution in [0.25, 0.3) is 27.6 Å².